The minimum Gasteiger partial charge on any atom is -0.449 e. The van der Waals surface area contributed by atoms with Crippen LogP contribution in [0, 0.1) is 0 Å². The van der Waals surface area contributed by atoms with E-state index >= 15 is 0 Å². The predicted octanol–water partition coefficient (Wildman–Crippen LogP) is 0.600. The summed E-state index contributed by atoms with van der Waals surface area (Å²) in [6, 6.07) is 0.398. The second kappa shape index (κ2) is 3.89. The fourth-order valence-corrected chi connectivity index (χ4v) is 1.66. The Balaban J connectivity index is 2.03. The van der Waals surface area contributed by atoms with Crippen molar-refractivity contribution in [1.82, 2.24) is 10.3 Å². The largest absolute Gasteiger partial charge is 0.449 e. The fraction of sp³-hybridized carbons (Fsp3) is 0.667. The minimum atomic E-state index is 0.398. The van der Waals surface area contributed by atoms with Crippen molar-refractivity contribution in [3.8, 4) is 0 Å². The molecule has 13 heavy (non-hydrogen) atoms. The number of nitrogens with zero attached hydrogens (tertiary/aromatic N) is 1. The summed E-state index contributed by atoms with van der Waals surface area (Å²) >= 11 is 0. The molecule has 0 aromatic carbocycles. The standard InChI is InChI=1S/C9H15N3O/c10-4-3-9-12-8(6-13-9)7-2-1-5-11-7/h6-7,11H,1-5,10H2. The molecule has 1 saturated heterocycles. The average Bonchev–Trinajstić information content (AvgIpc) is 2.70. The van der Waals surface area contributed by atoms with E-state index in [2.05, 4.69) is 10.3 Å². The van der Waals surface area contributed by atoms with Crippen LogP contribution in [0.25, 0.3) is 0 Å². The highest BCUT2D eigenvalue weighted by molar-refractivity contribution is 5.05. The van der Waals surface area contributed by atoms with Gasteiger partial charge in [0.1, 0.15) is 6.26 Å². The Morgan fingerprint density at radius 2 is 2.62 bits per heavy atom. The van der Waals surface area contributed by atoms with Crippen LogP contribution in [-0.2, 0) is 6.42 Å². The van der Waals surface area contributed by atoms with Crippen molar-refractivity contribution in [3.05, 3.63) is 17.8 Å². The van der Waals surface area contributed by atoms with Gasteiger partial charge in [-0.15, -0.1) is 0 Å². The molecule has 4 heteroatoms. The van der Waals surface area contributed by atoms with E-state index in [1.807, 2.05) is 0 Å². The maximum absolute atomic E-state index is 5.41. The highest BCUT2D eigenvalue weighted by atomic mass is 16.3. The first-order valence-corrected chi connectivity index (χ1v) is 4.78. The van der Waals surface area contributed by atoms with Crippen LogP contribution < -0.4 is 11.1 Å². The maximum Gasteiger partial charge on any atom is 0.195 e. The van der Waals surface area contributed by atoms with E-state index in [0.29, 0.717) is 12.6 Å². The van der Waals surface area contributed by atoms with E-state index in [0.717, 1.165) is 31.0 Å². The molecule has 0 amide bonds. The molecule has 1 atom stereocenters. The van der Waals surface area contributed by atoms with Crippen molar-refractivity contribution < 1.29 is 4.42 Å². The Hall–Kier alpha value is -0.870. The quantitative estimate of drug-likeness (QED) is 0.716. The molecule has 4 nitrogen and oxygen atoms in total. The molecule has 1 fully saturated rings. The fourth-order valence-electron chi connectivity index (χ4n) is 1.66. The van der Waals surface area contributed by atoms with Gasteiger partial charge < -0.3 is 15.5 Å². The molecule has 1 aliphatic heterocycles. The SMILES string of the molecule is NCCc1nc(C2CCCN2)co1. The van der Waals surface area contributed by atoms with Crippen molar-refractivity contribution in [3.63, 3.8) is 0 Å². The van der Waals surface area contributed by atoms with Crippen molar-refractivity contribution >= 4 is 0 Å². The van der Waals surface area contributed by atoms with Crippen LogP contribution >= 0.6 is 0 Å². The van der Waals surface area contributed by atoms with E-state index in [1.54, 1.807) is 6.26 Å². The van der Waals surface area contributed by atoms with Crippen molar-refractivity contribution in [1.29, 1.82) is 0 Å². The van der Waals surface area contributed by atoms with Gasteiger partial charge in [0.25, 0.3) is 0 Å². The Labute approximate surface area is 77.5 Å². The van der Waals surface area contributed by atoms with Gasteiger partial charge >= 0.3 is 0 Å². The monoisotopic (exact) mass is 181 g/mol. The van der Waals surface area contributed by atoms with Gasteiger partial charge in [-0.3, -0.25) is 0 Å². The summed E-state index contributed by atoms with van der Waals surface area (Å²) in [6.45, 7) is 1.68. The van der Waals surface area contributed by atoms with Crippen LogP contribution in [-0.4, -0.2) is 18.1 Å². The molecule has 1 aliphatic rings. The van der Waals surface area contributed by atoms with Gasteiger partial charge in [0, 0.05) is 13.0 Å². The molecular formula is C9H15N3O. The molecule has 0 spiro atoms. The zero-order valence-electron chi connectivity index (χ0n) is 7.62. The highest BCUT2D eigenvalue weighted by Crippen LogP contribution is 2.21. The molecular weight excluding hydrogens is 166 g/mol. The lowest BCUT2D eigenvalue weighted by Gasteiger charge is -2.03. The first-order valence-electron chi connectivity index (χ1n) is 4.78. The number of nitrogens with two attached hydrogens (primary N) is 1. The number of oxazole rings is 1. The minimum absolute atomic E-state index is 0.398. The zero-order valence-corrected chi connectivity index (χ0v) is 7.62. The maximum atomic E-state index is 5.41. The first kappa shape index (κ1) is 8.72. The second-order valence-corrected chi connectivity index (χ2v) is 3.35. The third-order valence-electron chi connectivity index (χ3n) is 2.35. The summed E-state index contributed by atoms with van der Waals surface area (Å²) in [5.41, 5.74) is 6.44. The lowest BCUT2D eigenvalue weighted by molar-refractivity contribution is 0.494. The molecule has 3 N–H and O–H groups in total. The lowest BCUT2D eigenvalue weighted by Crippen LogP contribution is -2.13. The van der Waals surface area contributed by atoms with Gasteiger partial charge in [0.15, 0.2) is 5.89 Å². The summed E-state index contributed by atoms with van der Waals surface area (Å²) in [5.74, 6) is 0.756. The highest BCUT2D eigenvalue weighted by Gasteiger charge is 2.19. The van der Waals surface area contributed by atoms with Crippen LogP contribution in [0.2, 0.25) is 0 Å². The van der Waals surface area contributed by atoms with E-state index in [9.17, 15) is 0 Å². The zero-order chi connectivity index (χ0) is 9.10. The Kier molecular flexibility index (Phi) is 2.61. The molecule has 0 saturated carbocycles. The molecule has 2 heterocycles. The Bertz CT molecular complexity index is 266. The van der Waals surface area contributed by atoms with E-state index < -0.39 is 0 Å². The van der Waals surface area contributed by atoms with Crippen molar-refractivity contribution in [2.24, 2.45) is 5.73 Å². The molecule has 0 bridgehead atoms. The molecule has 0 aliphatic carbocycles. The van der Waals surface area contributed by atoms with E-state index in [1.165, 1.54) is 6.42 Å². The van der Waals surface area contributed by atoms with Crippen LogP contribution in [0.4, 0.5) is 0 Å². The number of hydrogen-bond donors (Lipinski definition) is 2. The summed E-state index contributed by atoms with van der Waals surface area (Å²) in [6.07, 6.45) is 4.86. The topological polar surface area (TPSA) is 64.1 Å². The number of nitrogens with one attached hydrogen (secondary N) is 1. The van der Waals surface area contributed by atoms with Crippen LogP contribution in [0.1, 0.15) is 30.5 Å². The third kappa shape index (κ3) is 1.89. The summed E-state index contributed by atoms with van der Waals surface area (Å²) < 4.78 is 5.29. The van der Waals surface area contributed by atoms with Gasteiger partial charge in [0.05, 0.1) is 11.7 Å². The first-order chi connectivity index (χ1) is 6.40. The summed E-state index contributed by atoms with van der Waals surface area (Å²) in [4.78, 5) is 4.37. The average molecular weight is 181 g/mol. The second-order valence-electron chi connectivity index (χ2n) is 3.35. The van der Waals surface area contributed by atoms with Gasteiger partial charge in [0.2, 0.25) is 0 Å². The van der Waals surface area contributed by atoms with Gasteiger partial charge in [-0.25, -0.2) is 4.98 Å². The van der Waals surface area contributed by atoms with Crippen molar-refractivity contribution in [2.75, 3.05) is 13.1 Å². The van der Waals surface area contributed by atoms with Crippen molar-refractivity contribution in [2.45, 2.75) is 25.3 Å². The smallest absolute Gasteiger partial charge is 0.195 e. The van der Waals surface area contributed by atoms with Crippen LogP contribution in [0.15, 0.2) is 10.7 Å². The lowest BCUT2D eigenvalue weighted by atomic mass is 10.2. The molecule has 1 unspecified atom stereocenters. The number of rotatable bonds is 3. The van der Waals surface area contributed by atoms with E-state index in [4.69, 9.17) is 10.2 Å². The normalized spacial score (nSPS) is 22.4. The van der Waals surface area contributed by atoms with Gasteiger partial charge in [-0.2, -0.15) is 0 Å². The summed E-state index contributed by atoms with van der Waals surface area (Å²) in [5, 5.41) is 3.37. The molecule has 1 aromatic rings. The van der Waals surface area contributed by atoms with Gasteiger partial charge in [-0.05, 0) is 19.4 Å². The van der Waals surface area contributed by atoms with Crippen LogP contribution in [0.5, 0.6) is 0 Å². The number of hydrogen-bond acceptors (Lipinski definition) is 4. The molecule has 72 valence electrons. The van der Waals surface area contributed by atoms with E-state index in [-0.39, 0.29) is 0 Å². The summed E-state index contributed by atoms with van der Waals surface area (Å²) in [7, 11) is 0. The Morgan fingerprint density at radius 3 is 3.31 bits per heavy atom. The number of aromatic nitrogens is 1. The molecule has 2 rings (SSSR count). The Morgan fingerprint density at radius 1 is 1.69 bits per heavy atom. The predicted molar refractivity (Wildman–Crippen MR) is 49.2 cm³/mol. The third-order valence-corrected chi connectivity index (χ3v) is 2.35. The molecule has 0 radical (unpaired) electrons. The van der Waals surface area contributed by atoms with Gasteiger partial charge in [-0.1, -0.05) is 0 Å². The molecule has 1 aromatic heterocycles. The van der Waals surface area contributed by atoms with Crippen LogP contribution in [0.3, 0.4) is 0 Å².